The number of phenolic OH excluding ortho intramolecular Hbond substituents is 2. The van der Waals surface area contributed by atoms with Crippen molar-refractivity contribution in [1.82, 2.24) is 10.2 Å². The lowest BCUT2D eigenvalue weighted by molar-refractivity contribution is 0.415. The maximum Gasteiger partial charge on any atom is 0.142 e. The van der Waals surface area contributed by atoms with Crippen LogP contribution >= 0.6 is 0 Å². The molecule has 0 unspecified atom stereocenters. The zero-order valence-corrected chi connectivity index (χ0v) is 16.9. The number of ether oxygens (including phenoxy) is 1. The summed E-state index contributed by atoms with van der Waals surface area (Å²) in [7, 11) is 3.65. The van der Waals surface area contributed by atoms with Gasteiger partial charge in [0, 0.05) is 30.8 Å². The van der Waals surface area contributed by atoms with Crippen LogP contribution in [-0.2, 0) is 0 Å². The van der Waals surface area contributed by atoms with Crippen LogP contribution in [0.5, 0.6) is 17.2 Å². The van der Waals surface area contributed by atoms with Crippen molar-refractivity contribution in [3.05, 3.63) is 42.1 Å². The Morgan fingerprint density at radius 3 is 2.57 bits per heavy atom. The van der Waals surface area contributed by atoms with Crippen molar-refractivity contribution in [2.24, 2.45) is 0 Å². The van der Waals surface area contributed by atoms with Crippen molar-refractivity contribution in [1.29, 1.82) is 0 Å². The first-order chi connectivity index (χ1) is 13.4. The average molecular weight is 380 g/mol. The van der Waals surface area contributed by atoms with E-state index in [4.69, 9.17) is 4.74 Å². The van der Waals surface area contributed by atoms with Gasteiger partial charge in [-0.2, -0.15) is 5.10 Å². The molecule has 3 aromatic rings. The summed E-state index contributed by atoms with van der Waals surface area (Å²) in [6.07, 6.45) is 2.99. The van der Waals surface area contributed by atoms with Crippen molar-refractivity contribution in [3.8, 4) is 39.6 Å². The molecule has 1 aromatic heterocycles. The molecule has 6 heteroatoms. The highest BCUT2D eigenvalue weighted by Crippen LogP contribution is 2.41. The minimum absolute atomic E-state index is 0.0137. The third kappa shape index (κ3) is 3.50. The third-order valence-electron chi connectivity index (χ3n) is 4.97. The number of methoxy groups -OCH3 is 1. The normalized spacial score (nSPS) is 11.1. The molecule has 1 radical (unpaired) electrons. The summed E-state index contributed by atoms with van der Waals surface area (Å²) in [5.41, 5.74) is 4.58. The first-order valence-corrected chi connectivity index (χ1v) is 9.29. The van der Waals surface area contributed by atoms with Gasteiger partial charge in [0.1, 0.15) is 23.4 Å². The van der Waals surface area contributed by atoms with Gasteiger partial charge in [-0.25, -0.2) is 0 Å². The Hall–Kier alpha value is -3.15. The molecule has 0 bridgehead atoms. The van der Waals surface area contributed by atoms with Crippen molar-refractivity contribution < 1.29 is 14.9 Å². The van der Waals surface area contributed by atoms with Gasteiger partial charge >= 0.3 is 0 Å². The van der Waals surface area contributed by atoms with E-state index in [0.717, 1.165) is 34.7 Å². The quantitative estimate of drug-likeness (QED) is 0.585. The molecule has 6 nitrogen and oxygen atoms in total. The van der Waals surface area contributed by atoms with Gasteiger partial charge in [0.15, 0.2) is 0 Å². The van der Waals surface area contributed by atoms with Crippen LogP contribution in [0.1, 0.15) is 32.3 Å². The molecule has 3 rings (SSSR count). The highest BCUT2D eigenvalue weighted by Gasteiger charge is 2.19. The van der Waals surface area contributed by atoms with E-state index < -0.39 is 0 Å². The molecule has 0 atom stereocenters. The summed E-state index contributed by atoms with van der Waals surface area (Å²) in [6, 6.07) is 9.05. The maximum absolute atomic E-state index is 10.5. The van der Waals surface area contributed by atoms with E-state index in [1.54, 1.807) is 13.2 Å². The Morgan fingerprint density at radius 2 is 1.93 bits per heavy atom. The topological polar surface area (TPSA) is 81.6 Å². The molecule has 3 N–H and O–H groups in total. The van der Waals surface area contributed by atoms with Gasteiger partial charge in [0.05, 0.1) is 18.5 Å². The lowest BCUT2D eigenvalue weighted by Gasteiger charge is -2.21. The van der Waals surface area contributed by atoms with Gasteiger partial charge in [-0.1, -0.05) is 19.9 Å². The standard InChI is InChI=1S/C22H26N3O3/c1-6-25(4)18-9-14(7-8-21(18)28-5)17-12-23-24-22(17)16-10-15(13(2)3)19(26)11-20(16)27/h7-11,13,26-27H,6H2,1-5H3,(H,23,24). The summed E-state index contributed by atoms with van der Waals surface area (Å²) < 4.78 is 5.49. The van der Waals surface area contributed by atoms with Crippen LogP contribution in [0.3, 0.4) is 0 Å². The Bertz CT molecular complexity index is 979. The van der Waals surface area contributed by atoms with Gasteiger partial charge in [-0.15, -0.1) is 0 Å². The van der Waals surface area contributed by atoms with Crippen LogP contribution in [0.25, 0.3) is 22.4 Å². The number of H-pyrrole nitrogens is 1. The highest BCUT2D eigenvalue weighted by atomic mass is 16.5. The van der Waals surface area contributed by atoms with E-state index in [1.165, 1.54) is 6.07 Å². The monoisotopic (exact) mass is 380 g/mol. The minimum atomic E-state index is -0.0137. The number of hydrogen-bond acceptors (Lipinski definition) is 5. The minimum Gasteiger partial charge on any atom is -0.508 e. The molecule has 0 aliphatic rings. The number of hydrogen-bond donors (Lipinski definition) is 3. The van der Waals surface area contributed by atoms with Crippen molar-refractivity contribution in [3.63, 3.8) is 0 Å². The first kappa shape index (κ1) is 19.6. The molecule has 0 amide bonds. The Balaban J connectivity index is 2.15. The molecule has 2 aromatic carbocycles. The van der Waals surface area contributed by atoms with Crippen molar-refractivity contribution in [2.45, 2.75) is 26.7 Å². The number of nitrogens with one attached hydrogen (secondary N) is 1. The predicted molar refractivity (Wildman–Crippen MR) is 111 cm³/mol. The van der Waals surface area contributed by atoms with Gasteiger partial charge in [0.25, 0.3) is 0 Å². The highest BCUT2D eigenvalue weighted by molar-refractivity contribution is 5.85. The molecule has 0 saturated carbocycles. The lowest BCUT2D eigenvalue weighted by Crippen LogP contribution is -2.16. The van der Waals surface area contributed by atoms with Gasteiger partial charge in [0.2, 0.25) is 0 Å². The zero-order valence-electron chi connectivity index (χ0n) is 16.9. The number of rotatable bonds is 6. The summed E-state index contributed by atoms with van der Waals surface area (Å²) >= 11 is 0. The average Bonchev–Trinajstić information content (AvgIpc) is 3.16. The molecular formula is C22H26N3O3. The molecule has 0 aliphatic heterocycles. The zero-order chi connectivity index (χ0) is 20.4. The molecule has 0 spiro atoms. The van der Waals surface area contributed by atoms with E-state index in [2.05, 4.69) is 28.2 Å². The summed E-state index contributed by atoms with van der Waals surface area (Å²) in [5.74, 6) is 0.964. The van der Waals surface area contributed by atoms with Crippen LogP contribution in [0.15, 0.2) is 30.3 Å². The largest absolute Gasteiger partial charge is 0.508 e. The predicted octanol–water partition coefficient (Wildman–Crippen LogP) is 4.54. The van der Waals surface area contributed by atoms with E-state index in [1.807, 2.05) is 39.1 Å². The molecule has 0 fully saturated rings. The summed E-state index contributed by atoms with van der Waals surface area (Å²) in [4.78, 5) is 2.09. The molecule has 28 heavy (non-hydrogen) atoms. The molecule has 1 heterocycles. The Labute approximate surface area is 165 Å². The Morgan fingerprint density at radius 1 is 1.18 bits per heavy atom. The fourth-order valence-electron chi connectivity index (χ4n) is 3.23. The van der Waals surface area contributed by atoms with Crippen LogP contribution in [0.4, 0.5) is 5.69 Å². The molecule has 0 aliphatic carbocycles. The Kier molecular flexibility index (Phi) is 5.49. The van der Waals surface area contributed by atoms with Gasteiger partial charge in [-0.05, 0) is 42.2 Å². The third-order valence-corrected chi connectivity index (χ3v) is 4.97. The van der Waals surface area contributed by atoms with E-state index in [9.17, 15) is 10.2 Å². The number of benzene rings is 2. The molecular weight excluding hydrogens is 354 g/mol. The SMILES string of the molecule is CCN(C)c1cc(-c2[c]n[nH]c2-c2cc(C(C)C)c(O)cc2O)ccc1OC. The maximum atomic E-state index is 10.5. The number of aromatic hydroxyl groups is 2. The number of aromatic amines is 1. The van der Waals surface area contributed by atoms with Gasteiger partial charge in [-0.3, -0.25) is 5.10 Å². The number of aromatic nitrogens is 2. The smallest absolute Gasteiger partial charge is 0.142 e. The van der Waals surface area contributed by atoms with Crippen LogP contribution in [-0.4, -0.2) is 41.1 Å². The fourth-order valence-corrected chi connectivity index (χ4v) is 3.23. The van der Waals surface area contributed by atoms with Crippen LogP contribution < -0.4 is 9.64 Å². The van der Waals surface area contributed by atoms with Crippen LogP contribution in [0.2, 0.25) is 0 Å². The van der Waals surface area contributed by atoms with E-state index >= 15 is 0 Å². The van der Waals surface area contributed by atoms with Crippen LogP contribution in [0, 0.1) is 6.20 Å². The number of anilines is 1. The van der Waals surface area contributed by atoms with E-state index in [-0.39, 0.29) is 17.4 Å². The van der Waals surface area contributed by atoms with Gasteiger partial charge < -0.3 is 19.8 Å². The number of phenols is 2. The lowest BCUT2D eigenvalue weighted by atomic mass is 9.95. The van der Waals surface area contributed by atoms with Crippen molar-refractivity contribution >= 4 is 5.69 Å². The molecule has 0 saturated heterocycles. The second kappa shape index (κ2) is 7.84. The number of nitrogens with zero attached hydrogens (tertiary/aromatic N) is 2. The molecule has 147 valence electrons. The summed E-state index contributed by atoms with van der Waals surface area (Å²) in [6.45, 7) is 6.89. The summed E-state index contributed by atoms with van der Waals surface area (Å²) in [5, 5.41) is 27.6. The van der Waals surface area contributed by atoms with Crippen molar-refractivity contribution in [2.75, 3.05) is 25.6 Å². The fraction of sp³-hybridized carbons (Fsp3) is 0.318. The first-order valence-electron chi connectivity index (χ1n) is 9.29. The second-order valence-electron chi connectivity index (χ2n) is 7.07. The second-order valence-corrected chi connectivity index (χ2v) is 7.07. The van der Waals surface area contributed by atoms with E-state index in [0.29, 0.717) is 11.3 Å².